The average Bonchev–Trinajstić information content (AvgIpc) is 3.46. The van der Waals surface area contributed by atoms with Crippen LogP contribution in [0.2, 0.25) is 0 Å². The predicted octanol–water partition coefficient (Wildman–Crippen LogP) is -0.691. The summed E-state index contributed by atoms with van der Waals surface area (Å²) in [5, 5.41) is 34.0. The van der Waals surface area contributed by atoms with E-state index in [0.717, 1.165) is 0 Å². The molecule has 3 rings (SSSR count). The quantitative estimate of drug-likeness (QED) is 0.0773. The summed E-state index contributed by atoms with van der Waals surface area (Å²) >= 11 is 0. The zero-order valence-corrected chi connectivity index (χ0v) is 23.7. The predicted molar refractivity (Wildman–Crippen MR) is 158 cm³/mol. The van der Waals surface area contributed by atoms with Crippen LogP contribution in [0.3, 0.4) is 0 Å². The molecule has 11 N–H and O–H groups in total. The van der Waals surface area contributed by atoms with Gasteiger partial charge < -0.3 is 48.1 Å². The number of carboxylic acid groups (broad SMARTS) is 1. The molecule has 0 aromatic heterocycles. The van der Waals surface area contributed by atoms with Gasteiger partial charge in [0.1, 0.15) is 29.6 Å². The largest absolute Gasteiger partial charge is 0.508 e. The molecule has 1 saturated heterocycles. The van der Waals surface area contributed by atoms with Gasteiger partial charge in [-0.1, -0.05) is 24.3 Å². The third-order valence-electron chi connectivity index (χ3n) is 7.12. The van der Waals surface area contributed by atoms with E-state index in [1.165, 1.54) is 29.2 Å². The maximum absolute atomic E-state index is 13.8. The highest BCUT2D eigenvalue weighted by atomic mass is 16.4. The molecule has 0 spiro atoms. The van der Waals surface area contributed by atoms with Crippen molar-refractivity contribution in [3.05, 3.63) is 59.7 Å². The molecule has 1 aliphatic rings. The number of aromatic hydroxyl groups is 2. The van der Waals surface area contributed by atoms with Crippen LogP contribution >= 0.6 is 0 Å². The second-order valence-corrected chi connectivity index (χ2v) is 10.4. The maximum atomic E-state index is 13.8. The van der Waals surface area contributed by atoms with Crippen molar-refractivity contribution in [3.63, 3.8) is 0 Å². The average molecular weight is 598 g/mol. The van der Waals surface area contributed by atoms with E-state index in [4.69, 9.17) is 17.2 Å². The molecule has 1 aliphatic heterocycles. The Morgan fingerprint density at radius 3 is 2.05 bits per heavy atom. The number of amides is 3. The SMILES string of the molecule is NC(N)=NCCCC(NC(=O)C1CCCN1C(=O)C(Cc1ccc(O)cc1)NC(=O)C(N)Cc1ccc(O)cc1)C(=O)O. The van der Waals surface area contributed by atoms with Crippen LogP contribution in [0.15, 0.2) is 53.5 Å². The van der Waals surface area contributed by atoms with Crippen LogP contribution in [0.4, 0.5) is 0 Å². The molecule has 43 heavy (non-hydrogen) atoms. The summed E-state index contributed by atoms with van der Waals surface area (Å²) in [6.45, 7) is 0.435. The second-order valence-electron chi connectivity index (χ2n) is 10.4. The van der Waals surface area contributed by atoms with Gasteiger partial charge in [-0.2, -0.15) is 0 Å². The van der Waals surface area contributed by atoms with Crippen LogP contribution in [-0.4, -0.2) is 87.1 Å². The summed E-state index contributed by atoms with van der Waals surface area (Å²) in [7, 11) is 0. The van der Waals surface area contributed by atoms with Crippen molar-refractivity contribution in [2.45, 2.75) is 62.7 Å². The van der Waals surface area contributed by atoms with E-state index in [0.29, 0.717) is 30.4 Å². The van der Waals surface area contributed by atoms with E-state index in [-0.39, 0.29) is 49.8 Å². The van der Waals surface area contributed by atoms with Gasteiger partial charge in [0.05, 0.1) is 6.04 Å². The number of hydrogen-bond acceptors (Lipinski definition) is 8. The Kier molecular flexibility index (Phi) is 11.7. The number of carboxylic acids is 1. The molecule has 232 valence electrons. The Labute approximate surface area is 248 Å². The van der Waals surface area contributed by atoms with Gasteiger partial charge in [0, 0.05) is 19.5 Å². The monoisotopic (exact) mass is 597 g/mol. The van der Waals surface area contributed by atoms with Crippen LogP contribution in [0.1, 0.15) is 36.8 Å². The molecule has 14 heteroatoms. The minimum Gasteiger partial charge on any atom is -0.508 e. The van der Waals surface area contributed by atoms with Crippen molar-refractivity contribution in [1.82, 2.24) is 15.5 Å². The first-order valence-corrected chi connectivity index (χ1v) is 14.0. The van der Waals surface area contributed by atoms with E-state index in [1.807, 2.05) is 0 Å². The molecule has 1 heterocycles. The number of carbonyl (C=O) groups is 4. The van der Waals surface area contributed by atoms with Gasteiger partial charge >= 0.3 is 5.97 Å². The highest BCUT2D eigenvalue weighted by molar-refractivity contribution is 5.94. The number of phenolic OH excluding ortho intramolecular Hbond substituents is 2. The lowest BCUT2D eigenvalue weighted by Crippen LogP contribution is -2.57. The standard InChI is InChI=1S/C29H39N7O7/c30-21(15-17-5-9-19(37)10-6-17)25(39)35-23(16-18-7-11-20(38)12-8-18)27(41)36-14-2-4-24(36)26(40)34-22(28(42)43)3-1-13-33-29(31)32/h5-12,21-24,37-38H,1-4,13-16,30H2,(H,34,40)(H,35,39)(H,42,43)(H4,31,32,33). The molecule has 0 bridgehead atoms. The van der Waals surface area contributed by atoms with Crippen LogP contribution in [0, 0.1) is 0 Å². The molecule has 4 unspecified atom stereocenters. The number of carbonyl (C=O) groups excluding carboxylic acids is 3. The Morgan fingerprint density at radius 1 is 0.907 bits per heavy atom. The number of aliphatic carboxylic acids is 1. The number of nitrogens with two attached hydrogens (primary N) is 3. The Morgan fingerprint density at radius 2 is 1.49 bits per heavy atom. The van der Waals surface area contributed by atoms with Crippen molar-refractivity contribution in [3.8, 4) is 11.5 Å². The number of nitrogens with one attached hydrogen (secondary N) is 2. The molecule has 2 aromatic rings. The normalized spacial score (nSPS) is 16.5. The molecular weight excluding hydrogens is 558 g/mol. The summed E-state index contributed by atoms with van der Waals surface area (Å²) in [4.78, 5) is 57.1. The smallest absolute Gasteiger partial charge is 0.326 e. The first kappa shape index (κ1) is 32.7. The minimum absolute atomic E-state index is 0.0362. The Bertz CT molecular complexity index is 1300. The van der Waals surface area contributed by atoms with Crippen molar-refractivity contribution in [2.75, 3.05) is 13.1 Å². The van der Waals surface area contributed by atoms with Crippen LogP contribution in [0.25, 0.3) is 0 Å². The highest BCUT2D eigenvalue weighted by Gasteiger charge is 2.39. The van der Waals surface area contributed by atoms with Crippen molar-refractivity contribution in [1.29, 1.82) is 0 Å². The fraction of sp³-hybridized carbons (Fsp3) is 0.414. The number of aliphatic imine (C=N–C) groups is 1. The fourth-order valence-electron chi connectivity index (χ4n) is 4.86. The van der Waals surface area contributed by atoms with E-state index >= 15 is 0 Å². The summed E-state index contributed by atoms with van der Waals surface area (Å²) in [6.07, 6.45) is 1.43. The maximum Gasteiger partial charge on any atom is 0.326 e. The number of likely N-dealkylation sites (tertiary alicyclic amines) is 1. The zero-order valence-electron chi connectivity index (χ0n) is 23.7. The van der Waals surface area contributed by atoms with E-state index in [9.17, 15) is 34.5 Å². The summed E-state index contributed by atoms with van der Waals surface area (Å²) < 4.78 is 0. The van der Waals surface area contributed by atoms with Crippen molar-refractivity contribution >= 4 is 29.7 Å². The summed E-state index contributed by atoms with van der Waals surface area (Å²) in [5.74, 6) is -2.95. The van der Waals surface area contributed by atoms with Crippen LogP contribution < -0.4 is 27.8 Å². The topological polar surface area (TPSA) is 247 Å². The van der Waals surface area contributed by atoms with Gasteiger partial charge in [0.25, 0.3) is 0 Å². The molecule has 14 nitrogen and oxygen atoms in total. The molecule has 2 aromatic carbocycles. The molecule has 0 aliphatic carbocycles. The molecule has 0 radical (unpaired) electrons. The fourth-order valence-corrected chi connectivity index (χ4v) is 4.86. The van der Waals surface area contributed by atoms with E-state index in [1.54, 1.807) is 24.3 Å². The first-order valence-electron chi connectivity index (χ1n) is 14.0. The van der Waals surface area contributed by atoms with Gasteiger partial charge in [-0.15, -0.1) is 0 Å². The first-order chi connectivity index (χ1) is 20.4. The van der Waals surface area contributed by atoms with E-state index < -0.39 is 47.9 Å². The van der Waals surface area contributed by atoms with E-state index in [2.05, 4.69) is 15.6 Å². The summed E-state index contributed by atoms with van der Waals surface area (Å²) in [6, 6.07) is 8.16. The van der Waals surface area contributed by atoms with Gasteiger partial charge in [0.2, 0.25) is 17.7 Å². The number of phenols is 2. The zero-order chi connectivity index (χ0) is 31.5. The van der Waals surface area contributed by atoms with Crippen LogP contribution in [-0.2, 0) is 32.0 Å². The van der Waals surface area contributed by atoms with Crippen LogP contribution in [0.5, 0.6) is 11.5 Å². The lowest BCUT2D eigenvalue weighted by Gasteiger charge is -2.30. The Hall–Kier alpha value is -4.85. The highest BCUT2D eigenvalue weighted by Crippen LogP contribution is 2.21. The van der Waals surface area contributed by atoms with Gasteiger partial charge in [-0.25, -0.2) is 4.79 Å². The molecule has 3 amide bonds. The molecular formula is C29H39N7O7. The minimum atomic E-state index is -1.23. The molecule has 4 atom stereocenters. The van der Waals surface area contributed by atoms with Crippen molar-refractivity contribution < 1.29 is 34.5 Å². The third-order valence-corrected chi connectivity index (χ3v) is 7.12. The number of rotatable bonds is 14. The van der Waals surface area contributed by atoms with Gasteiger partial charge in [-0.3, -0.25) is 19.4 Å². The third kappa shape index (κ3) is 9.88. The lowest BCUT2D eigenvalue weighted by molar-refractivity contribution is -0.145. The Balaban J connectivity index is 1.73. The second kappa shape index (κ2) is 15.4. The number of hydrogen-bond donors (Lipinski definition) is 8. The lowest BCUT2D eigenvalue weighted by atomic mass is 10.0. The number of benzene rings is 2. The number of nitrogens with zero attached hydrogens (tertiary/aromatic N) is 2. The summed E-state index contributed by atoms with van der Waals surface area (Å²) in [5.41, 5.74) is 18.1. The van der Waals surface area contributed by atoms with Crippen molar-refractivity contribution in [2.24, 2.45) is 22.2 Å². The van der Waals surface area contributed by atoms with Gasteiger partial charge in [0.15, 0.2) is 5.96 Å². The molecule has 1 fully saturated rings. The number of guanidine groups is 1. The molecule has 0 saturated carbocycles. The van der Waals surface area contributed by atoms with Gasteiger partial charge in [-0.05, 0) is 67.5 Å².